The van der Waals surface area contributed by atoms with Crippen LogP contribution in [0, 0.1) is 0 Å². The second-order valence-corrected chi connectivity index (χ2v) is 4.27. The molecular formula is C13H17F3N2O2. The highest BCUT2D eigenvalue weighted by Crippen LogP contribution is 2.29. The topological polar surface area (TPSA) is 64.3 Å². The minimum absolute atomic E-state index is 0.0315. The fraction of sp³-hybridized carbons (Fsp3) is 0.462. The van der Waals surface area contributed by atoms with Crippen molar-refractivity contribution >= 4 is 5.91 Å². The van der Waals surface area contributed by atoms with Crippen LogP contribution in [-0.2, 0) is 22.3 Å². The fourth-order valence-electron chi connectivity index (χ4n) is 1.60. The number of methoxy groups -OCH3 is 1. The number of amides is 1. The van der Waals surface area contributed by atoms with Gasteiger partial charge in [-0.15, -0.1) is 0 Å². The lowest BCUT2D eigenvalue weighted by Crippen LogP contribution is -2.31. The fourth-order valence-corrected chi connectivity index (χ4v) is 1.60. The van der Waals surface area contributed by atoms with Gasteiger partial charge in [-0.3, -0.25) is 4.79 Å². The van der Waals surface area contributed by atoms with Gasteiger partial charge in [-0.1, -0.05) is 12.1 Å². The third-order valence-electron chi connectivity index (χ3n) is 2.75. The van der Waals surface area contributed by atoms with Gasteiger partial charge < -0.3 is 15.8 Å². The molecule has 7 heteroatoms. The summed E-state index contributed by atoms with van der Waals surface area (Å²) >= 11 is 0. The van der Waals surface area contributed by atoms with Crippen LogP contribution in [-0.4, -0.2) is 25.7 Å². The van der Waals surface area contributed by atoms with Crippen LogP contribution >= 0.6 is 0 Å². The SMILES string of the molecule is COC(CN)CC(=O)NCc1cccc(C(F)(F)F)c1. The Morgan fingerprint density at radius 1 is 1.45 bits per heavy atom. The van der Waals surface area contributed by atoms with Crippen molar-refractivity contribution in [1.29, 1.82) is 0 Å². The van der Waals surface area contributed by atoms with Crippen molar-refractivity contribution in [2.45, 2.75) is 25.2 Å². The van der Waals surface area contributed by atoms with Crippen molar-refractivity contribution < 1.29 is 22.7 Å². The zero-order chi connectivity index (χ0) is 15.2. The molecule has 0 radical (unpaired) electrons. The molecule has 3 N–H and O–H groups in total. The lowest BCUT2D eigenvalue weighted by Gasteiger charge is -2.13. The number of hydrogen-bond acceptors (Lipinski definition) is 3. The van der Waals surface area contributed by atoms with Crippen LogP contribution in [0.2, 0.25) is 0 Å². The Bertz CT molecular complexity index is 445. The highest BCUT2D eigenvalue weighted by atomic mass is 19.4. The molecule has 1 unspecified atom stereocenters. The summed E-state index contributed by atoms with van der Waals surface area (Å²) in [5.74, 6) is -0.320. The van der Waals surface area contributed by atoms with Crippen molar-refractivity contribution in [3.63, 3.8) is 0 Å². The number of halogens is 3. The first-order chi connectivity index (χ1) is 9.36. The summed E-state index contributed by atoms with van der Waals surface area (Å²) in [7, 11) is 1.44. The molecule has 0 aliphatic rings. The molecular weight excluding hydrogens is 273 g/mol. The van der Waals surface area contributed by atoms with Gasteiger partial charge in [0.05, 0.1) is 18.1 Å². The van der Waals surface area contributed by atoms with E-state index in [1.165, 1.54) is 19.2 Å². The third-order valence-corrected chi connectivity index (χ3v) is 2.75. The van der Waals surface area contributed by atoms with Gasteiger partial charge in [0, 0.05) is 20.2 Å². The molecule has 0 spiro atoms. The number of hydrogen-bond donors (Lipinski definition) is 2. The molecule has 0 aromatic heterocycles. The molecule has 1 aromatic carbocycles. The minimum atomic E-state index is -4.39. The predicted octanol–water partition coefficient (Wildman–Crippen LogP) is 1.69. The van der Waals surface area contributed by atoms with Crippen LogP contribution in [0.3, 0.4) is 0 Å². The highest BCUT2D eigenvalue weighted by Gasteiger charge is 2.30. The van der Waals surface area contributed by atoms with E-state index < -0.39 is 17.8 Å². The molecule has 0 heterocycles. The van der Waals surface area contributed by atoms with E-state index in [0.717, 1.165) is 12.1 Å². The number of alkyl halides is 3. The summed E-state index contributed by atoms with van der Waals surface area (Å²) in [5.41, 5.74) is 5.03. The van der Waals surface area contributed by atoms with Crippen molar-refractivity contribution in [3.8, 4) is 0 Å². The van der Waals surface area contributed by atoms with Gasteiger partial charge in [0.25, 0.3) is 0 Å². The Balaban J connectivity index is 2.56. The number of rotatable bonds is 6. The van der Waals surface area contributed by atoms with Crippen molar-refractivity contribution in [3.05, 3.63) is 35.4 Å². The largest absolute Gasteiger partial charge is 0.416 e. The second-order valence-electron chi connectivity index (χ2n) is 4.27. The second kappa shape index (κ2) is 7.25. The summed E-state index contributed by atoms with van der Waals surface area (Å²) < 4.78 is 42.5. The lowest BCUT2D eigenvalue weighted by molar-refractivity contribution is -0.137. The van der Waals surface area contributed by atoms with Gasteiger partial charge in [-0.05, 0) is 17.7 Å². The first-order valence-electron chi connectivity index (χ1n) is 6.02. The monoisotopic (exact) mass is 290 g/mol. The van der Waals surface area contributed by atoms with Gasteiger partial charge in [0.2, 0.25) is 5.91 Å². The Morgan fingerprint density at radius 2 is 2.15 bits per heavy atom. The summed E-state index contributed by atoms with van der Waals surface area (Å²) in [4.78, 5) is 11.6. The zero-order valence-corrected chi connectivity index (χ0v) is 11.0. The number of nitrogens with two attached hydrogens (primary N) is 1. The summed E-state index contributed by atoms with van der Waals surface area (Å²) in [5, 5.41) is 2.53. The summed E-state index contributed by atoms with van der Waals surface area (Å²) in [6.07, 6.45) is -4.70. The number of ether oxygens (including phenoxy) is 1. The van der Waals surface area contributed by atoms with Gasteiger partial charge in [0.1, 0.15) is 0 Å². The molecule has 0 bridgehead atoms. The molecule has 1 atom stereocenters. The Labute approximate surface area is 115 Å². The number of carbonyl (C=O) groups is 1. The minimum Gasteiger partial charge on any atom is -0.380 e. The van der Waals surface area contributed by atoms with Gasteiger partial charge >= 0.3 is 6.18 Å². The molecule has 112 valence electrons. The first kappa shape index (κ1) is 16.5. The maximum absolute atomic E-state index is 12.5. The van der Waals surface area contributed by atoms with E-state index in [4.69, 9.17) is 10.5 Å². The van der Waals surface area contributed by atoms with E-state index in [1.807, 2.05) is 0 Å². The molecule has 0 aliphatic carbocycles. The standard InChI is InChI=1S/C13H17F3N2O2/c1-20-11(7-17)6-12(19)18-8-9-3-2-4-10(5-9)13(14,15)16/h2-5,11H,6-8,17H2,1H3,(H,18,19). The average Bonchev–Trinajstić information content (AvgIpc) is 2.42. The van der Waals surface area contributed by atoms with Gasteiger partial charge in [-0.2, -0.15) is 13.2 Å². The lowest BCUT2D eigenvalue weighted by atomic mass is 10.1. The van der Waals surface area contributed by atoms with Gasteiger partial charge in [0.15, 0.2) is 0 Å². The summed E-state index contributed by atoms with van der Waals surface area (Å²) in [6.45, 7) is 0.233. The molecule has 4 nitrogen and oxygen atoms in total. The molecule has 0 saturated carbocycles. The van der Waals surface area contributed by atoms with E-state index in [-0.39, 0.29) is 25.4 Å². The quantitative estimate of drug-likeness (QED) is 0.838. The van der Waals surface area contributed by atoms with E-state index in [2.05, 4.69) is 5.32 Å². The van der Waals surface area contributed by atoms with Crippen molar-refractivity contribution in [1.82, 2.24) is 5.32 Å². The van der Waals surface area contributed by atoms with Crippen molar-refractivity contribution in [2.24, 2.45) is 5.73 Å². The number of benzene rings is 1. The average molecular weight is 290 g/mol. The molecule has 0 fully saturated rings. The van der Waals surface area contributed by atoms with E-state index in [9.17, 15) is 18.0 Å². The normalized spacial score (nSPS) is 13.1. The highest BCUT2D eigenvalue weighted by molar-refractivity contribution is 5.76. The molecule has 20 heavy (non-hydrogen) atoms. The zero-order valence-electron chi connectivity index (χ0n) is 11.0. The van der Waals surface area contributed by atoms with Crippen LogP contribution in [0.4, 0.5) is 13.2 Å². The Hall–Kier alpha value is -1.60. The molecule has 1 aromatic rings. The van der Waals surface area contributed by atoms with E-state index in [0.29, 0.717) is 5.56 Å². The molecule has 1 rings (SSSR count). The van der Waals surface area contributed by atoms with Crippen LogP contribution in [0.15, 0.2) is 24.3 Å². The Morgan fingerprint density at radius 3 is 2.70 bits per heavy atom. The van der Waals surface area contributed by atoms with Gasteiger partial charge in [-0.25, -0.2) is 0 Å². The maximum Gasteiger partial charge on any atom is 0.416 e. The molecule has 1 amide bonds. The summed E-state index contributed by atoms with van der Waals surface area (Å²) in [6, 6.07) is 4.83. The number of carbonyl (C=O) groups excluding carboxylic acids is 1. The third kappa shape index (κ3) is 5.18. The smallest absolute Gasteiger partial charge is 0.380 e. The van der Waals surface area contributed by atoms with E-state index in [1.54, 1.807) is 0 Å². The van der Waals surface area contributed by atoms with E-state index >= 15 is 0 Å². The van der Waals surface area contributed by atoms with Crippen LogP contribution in [0.1, 0.15) is 17.5 Å². The first-order valence-corrected chi connectivity index (χ1v) is 6.02. The van der Waals surface area contributed by atoms with Crippen LogP contribution in [0.25, 0.3) is 0 Å². The predicted molar refractivity (Wildman–Crippen MR) is 67.8 cm³/mol. The van der Waals surface area contributed by atoms with Crippen LogP contribution < -0.4 is 11.1 Å². The maximum atomic E-state index is 12.5. The van der Waals surface area contributed by atoms with Crippen molar-refractivity contribution in [2.75, 3.05) is 13.7 Å². The van der Waals surface area contributed by atoms with Crippen LogP contribution in [0.5, 0.6) is 0 Å². The molecule has 0 aliphatic heterocycles. The number of nitrogens with one attached hydrogen (secondary N) is 1. The Kier molecular flexibility index (Phi) is 5.97. The molecule has 0 saturated heterocycles.